The van der Waals surface area contributed by atoms with E-state index in [4.69, 9.17) is 0 Å². The highest BCUT2D eigenvalue weighted by molar-refractivity contribution is 7.93. The highest BCUT2D eigenvalue weighted by Crippen LogP contribution is 2.31. The fourth-order valence-electron chi connectivity index (χ4n) is 3.01. The van der Waals surface area contributed by atoms with E-state index in [2.05, 4.69) is 4.72 Å². The van der Waals surface area contributed by atoms with E-state index in [1.54, 1.807) is 30.5 Å². The molecular formula is C20H20FNO4S3. The topological polar surface area (TPSA) is 80.3 Å². The van der Waals surface area contributed by atoms with Gasteiger partial charge in [-0.15, -0.1) is 11.3 Å². The van der Waals surface area contributed by atoms with Crippen LogP contribution < -0.4 is 4.72 Å². The van der Waals surface area contributed by atoms with Crippen LogP contribution in [-0.4, -0.2) is 23.4 Å². The first-order valence-electron chi connectivity index (χ1n) is 8.71. The number of thiophene rings is 1. The van der Waals surface area contributed by atoms with Gasteiger partial charge < -0.3 is 0 Å². The number of halogens is 1. The molecule has 0 unspecified atom stereocenters. The summed E-state index contributed by atoms with van der Waals surface area (Å²) < 4.78 is 67.7. The van der Waals surface area contributed by atoms with Gasteiger partial charge in [-0.05, 0) is 54.6 Å². The summed E-state index contributed by atoms with van der Waals surface area (Å²) in [5, 5.41) is 0.441. The lowest BCUT2D eigenvalue weighted by Crippen LogP contribution is -2.32. The standard InChI is InChI=1S/C20H20FNO4S3/c1-14-5-10-18(15(2)12-14)29(25,26)22-13-19(16-6-8-17(21)9-7-16)28(23,24)20-4-3-11-27-20/h3-12,19,22H,13H2,1-2H3/t19-/m0/s1. The van der Waals surface area contributed by atoms with E-state index in [9.17, 15) is 21.2 Å². The van der Waals surface area contributed by atoms with Crippen molar-refractivity contribution in [2.45, 2.75) is 28.2 Å². The molecule has 0 aliphatic heterocycles. The van der Waals surface area contributed by atoms with E-state index in [0.29, 0.717) is 11.1 Å². The van der Waals surface area contributed by atoms with Gasteiger partial charge >= 0.3 is 0 Å². The number of sulfone groups is 1. The van der Waals surface area contributed by atoms with Crippen molar-refractivity contribution >= 4 is 31.2 Å². The summed E-state index contributed by atoms with van der Waals surface area (Å²) in [5.41, 5.74) is 1.80. The number of aryl methyl sites for hydroxylation is 2. The maximum Gasteiger partial charge on any atom is 0.240 e. The van der Waals surface area contributed by atoms with Crippen molar-refractivity contribution in [2.24, 2.45) is 0 Å². The van der Waals surface area contributed by atoms with Crippen LogP contribution in [0.15, 0.2) is 69.1 Å². The molecule has 1 aromatic heterocycles. The molecule has 0 spiro atoms. The summed E-state index contributed by atoms with van der Waals surface area (Å²) in [6, 6.07) is 13.0. The Labute approximate surface area is 174 Å². The zero-order chi connectivity index (χ0) is 21.2. The van der Waals surface area contributed by atoms with Crippen molar-refractivity contribution in [3.63, 3.8) is 0 Å². The Kier molecular flexibility index (Phi) is 6.23. The summed E-state index contributed by atoms with van der Waals surface area (Å²) >= 11 is 1.05. The lowest BCUT2D eigenvalue weighted by molar-refractivity contribution is 0.569. The second kappa shape index (κ2) is 8.35. The highest BCUT2D eigenvalue weighted by atomic mass is 32.2. The van der Waals surface area contributed by atoms with Crippen LogP contribution in [0.2, 0.25) is 0 Å². The fraction of sp³-hybridized carbons (Fsp3) is 0.200. The van der Waals surface area contributed by atoms with Crippen molar-refractivity contribution < 1.29 is 21.2 Å². The third kappa shape index (κ3) is 4.75. The second-order valence-corrected chi connectivity index (χ2v) is 11.7. The molecule has 0 aliphatic rings. The van der Waals surface area contributed by atoms with Crippen molar-refractivity contribution in [1.82, 2.24) is 4.72 Å². The summed E-state index contributed by atoms with van der Waals surface area (Å²) in [5.74, 6) is -0.503. The normalized spacial score (nSPS) is 13.3. The number of rotatable bonds is 7. The monoisotopic (exact) mass is 453 g/mol. The number of sulfonamides is 1. The first kappa shape index (κ1) is 21.6. The quantitative estimate of drug-likeness (QED) is 0.586. The zero-order valence-corrected chi connectivity index (χ0v) is 18.2. The lowest BCUT2D eigenvalue weighted by atomic mass is 10.1. The largest absolute Gasteiger partial charge is 0.240 e. The van der Waals surface area contributed by atoms with Crippen LogP contribution in [0.25, 0.3) is 0 Å². The van der Waals surface area contributed by atoms with Crippen LogP contribution in [0.5, 0.6) is 0 Å². The molecule has 1 N–H and O–H groups in total. The molecule has 0 bridgehead atoms. The first-order valence-corrected chi connectivity index (χ1v) is 12.6. The van der Waals surface area contributed by atoms with Crippen LogP contribution in [-0.2, 0) is 19.9 Å². The minimum absolute atomic E-state index is 0.0921. The molecule has 0 amide bonds. The van der Waals surface area contributed by atoms with Crippen molar-refractivity contribution in [3.05, 3.63) is 82.5 Å². The smallest absolute Gasteiger partial charge is 0.222 e. The van der Waals surface area contributed by atoms with Gasteiger partial charge in [-0.2, -0.15) is 0 Å². The zero-order valence-electron chi connectivity index (χ0n) is 15.8. The van der Waals surface area contributed by atoms with Gasteiger partial charge in [0.15, 0.2) is 9.84 Å². The fourth-order valence-corrected chi connectivity index (χ4v) is 7.26. The van der Waals surface area contributed by atoms with Crippen molar-refractivity contribution in [3.8, 4) is 0 Å². The maximum atomic E-state index is 13.3. The van der Waals surface area contributed by atoms with Crippen molar-refractivity contribution in [1.29, 1.82) is 0 Å². The van der Waals surface area contributed by atoms with Gasteiger partial charge in [-0.3, -0.25) is 0 Å². The van der Waals surface area contributed by atoms with Gasteiger partial charge in [0.05, 0.1) is 4.90 Å². The van der Waals surface area contributed by atoms with E-state index < -0.39 is 30.9 Å². The predicted octanol–water partition coefficient (Wildman–Crippen LogP) is 4.00. The SMILES string of the molecule is Cc1ccc(S(=O)(=O)NC[C@@H](c2ccc(F)cc2)S(=O)(=O)c2cccs2)c(C)c1. The van der Waals surface area contributed by atoms with E-state index in [0.717, 1.165) is 29.0 Å². The molecule has 3 aromatic rings. The molecule has 1 heterocycles. The van der Waals surface area contributed by atoms with E-state index >= 15 is 0 Å². The van der Waals surface area contributed by atoms with Gasteiger partial charge in [0.2, 0.25) is 10.0 Å². The Morgan fingerprint density at radius 3 is 2.28 bits per heavy atom. The number of benzene rings is 2. The molecular weight excluding hydrogens is 433 g/mol. The van der Waals surface area contributed by atoms with Gasteiger partial charge in [0, 0.05) is 6.54 Å². The number of hydrogen-bond acceptors (Lipinski definition) is 5. The molecule has 2 aromatic carbocycles. The Hall–Kier alpha value is -2.07. The minimum Gasteiger partial charge on any atom is -0.222 e. The molecule has 3 rings (SSSR count). The van der Waals surface area contributed by atoms with Gasteiger partial charge in [0.25, 0.3) is 0 Å². The Bertz CT molecular complexity index is 1200. The molecule has 5 nitrogen and oxygen atoms in total. The highest BCUT2D eigenvalue weighted by Gasteiger charge is 2.32. The predicted molar refractivity (Wildman–Crippen MR) is 112 cm³/mol. The molecule has 9 heteroatoms. The summed E-state index contributed by atoms with van der Waals surface area (Å²) in [6.07, 6.45) is 0. The lowest BCUT2D eigenvalue weighted by Gasteiger charge is -2.19. The third-order valence-electron chi connectivity index (χ3n) is 4.47. The average molecular weight is 454 g/mol. The molecule has 0 fully saturated rings. The Morgan fingerprint density at radius 1 is 1.00 bits per heavy atom. The van der Waals surface area contributed by atoms with Crippen LogP contribution >= 0.6 is 11.3 Å². The second-order valence-electron chi connectivity index (χ2n) is 6.64. The average Bonchev–Trinajstić information content (AvgIpc) is 3.18. The Balaban J connectivity index is 1.96. The van der Waals surface area contributed by atoms with Gasteiger partial charge in [-0.1, -0.05) is 35.9 Å². The first-order chi connectivity index (χ1) is 13.6. The summed E-state index contributed by atoms with van der Waals surface area (Å²) in [4.78, 5) is 0.0921. The van der Waals surface area contributed by atoms with Crippen LogP contribution in [0.3, 0.4) is 0 Å². The van der Waals surface area contributed by atoms with Gasteiger partial charge in [-0.25, -0.2) is 25.9 Å². The van der Waals surface area contributed by atoms with Crippen LogP contribution in [0.1, 0.15) is 21.9 Å². The summed E-state index contributed by atoms with van der Waals surface area (Å²) in [6.45, 7) is 3.16. The summed E-state index contributed by atoms with van der Waals surface area (Å²) in [7, 11) is -7.81. The third-order valence-corrected chi connectivity index (χ3v) is 9.59. The van der Waals surface area contributed by atoms with Crippen LogP contribution in [0, 0.1) is 19.7 Å². The molecule has 0 radical (unpaired) electrons. The van der Waals surface area contributed by atoms with Crippen LogP contribution in [0.4, 0.5) is 4.39 Å². The number of nitrogens with one attached hydrogen (secondary N) is 1. The molecule has 0 saturated heterocycles. The molecule has 154 valence electrons. The van der Waals surface area contributed by atoms with E-state index in [1.807, 2.05) is 6.92 Å². The molecule has 1 atom stereocenters. The Morgan fingerprint density at radius 2 is 1.69 bits per heavy atom. The van der Waals surface area contributed by atoms with Crippen molar-refractivity contribution in [2.75, 3.05) is 6.54 Å². The van der Waals surface area contributed by atoms with Gasteiger partial charge in [0.1, 0.15) is 15.3 Å². The maximum absolute atomic E-state index is 13.3. The number of hydrogen-bond donors (Lipinski definition) is 1. The molecule has 29 heavy (non-hydrogen) atoms. The van der Waals surface area contributed by atoms with E-state index in [-0.39, 0.29) is 15.6 Å². The molecule has 0 saturated carbocycles. The van der Waals surface area contributed by atoms with E-state index in [1.165, 1.54) is 24.3 Å². The molecule has 0 aliphatic carbocycles. The minimum atomic E-state index is -3.93.